The molecule has 0 saturated heterocycles. The summed E-state index contributed by atoms with van der Waals surface area (Å²) in [5, 5.41) is 33.5. The molecule has 0 aromatic rings. The minimum absolute atomic E-state index is 0.102. The molecule has 0 aromatic heterocycles. The smallest absolute Gasteiger partial charge is 0.0482 e. The molecule has 0 fully saturated rings. The summed E-state index contributed by atoms with van der Waals surface area (Å²) >= 11 is 0. The zero-order valence-electron chi connectivity index (χ0n) is 9.95. The molecule has 0 amide bonds. The van der Waals surface area contributed by atoms with Gasteiger partial charge in [0.1, 0.15) is 0 Å². The Labute approximate surface area is 92.6 Å². The third-order valence-electron chi connectivity index (χ3n) is 2.03. The van der Waals surface area contributed by atoms with E-state index in [0.29, 0.717) is 6.42 Å². The lowest BCUT2D eigenvalue weighted by Crippen LogP contribution is -2.17. The summed E-state index contributed by atoms with van der Waals surface area (Å²) in [5.74, 6) is 0. The molecule has 4 N–H and O–H groups in total. The molecule has 0 unspecified atom stereocenters. The SMILES string of the molecule is CC(C)(CO)CCO.OCCCCCO. The van der Waals surface area contributed by atoms with Gasteiger partial charge in [-0.05, 0) is 31.1 Å². The summed E-state index contributed by atoms with van der Waals surface area (Å²) in [4.78, 5) is 0. The molecule has 0 saturated carbocycles. The molecule has 0 aromatic carbocycles. The van der Waals surface area contributed by atoms with Crippen molar-refractivity contribution >= 4 is 0 Å². The van der Waals surface area contributed by atoms with Crippen molar-refractivity contribution in [3.05, 3.63) is 0 Å². The summed E-state index contributed by atoms with van der Waals surface area (Å²) in [7, 11) is 0. The topological polar surface area (TPSA) is 80.9 Å². The lowest BCUT2D eigenvalue weighted by atomic mass is 9.91. The highest BCUT2D eigenvalue weighted by molar-refractivity contribution is 4.64. The van der Waals surface area contributed by atoms with E-state index in [1.165, 1.54) is 0 Å². The summed E-state index contributed by atoms with van der Waals surface area (Å²) < 4.78 is 0. The van der Waals surface area contributed by atoms with E-state index in [4.69, 9.17) is 20.4 Å². The maximum atomic E-state index is 8.61. The molecule has 15 heavy (non-hydrogen) atoms. The van der Waals surface area contributed by atoms with Crippen LogP contribution in [0.1, 0.15) is 39.5 Å². The van der Waals surface area contributed by atoms with Gasteiger partial charge in [-0.25, -0.2) is 0 Å². The van der Waals surface area contributed by atoms with Crippen molar-refractivity contribution in [3.63, 3.8) is 0 Å². The highest BCUT2D eigenvalue weighted by Crippen LogP contribution is 2.17. The van der Waals surface area contributed by atoms with Crippen LogP contribution < -0.4 is 0 Å². The molecule has 0 rings (SSSR count). The molecule has 94 valence electrons. The van der Waals surface area contributed by atoms with Crippen LogP contribution in [-0.2, 0) is 0 Å². The van der Waals surface area contributed by atoms with Gasteiger partial charge in [0, 0.05) is 26.4 Å². The van der Waals surface area contributed by atoms with Crippen molar-refractivity contribution in [3.8, 4) is 0 Å². The summed E-state index contributed by atoms with van der Waals surface area (Å²) in [6, 6.07) is 0. The van der Waals surface area contributed by atoms with Crippen LogP contribution in [0.25, 0.3) is 0 Å². The van der Waals surface area contributed by atoms with Crippen molar-refractivity contribution in [2.45, 2.75) is 39.5 Å². The van der Waals surface area contributed by atoms with Crippen molar-refractivity contribution in [1.29, 1.82) is 0 Å². The van der Waals surface area contributed by atoms with Crippen LogP contribution in [0.2, 0.25) is 0 Å². The Morgan fingerprint density at radius 3 is 1.40 bits per heavy atom. The van der Waals surface area contributed by atoms with Gasteiger partial charge in [0.05, 0.1) is 0 Å². The van der Waals surface area contributed by atoms with Crippen molar-refractivity contribution in [2.24, 2.45) is 5.41 Å². The van der Waals surface area contributed by atoms with Crippen LogP contribution in [0, 0.1) is 5.41 Å². The second kappa shape index (κ2) is 11.9. The molecule has 0 aliphatic carbocycles. The van der Waals surface area contributed by atoms with Gasteiger partial charge in [0.15, 0.2) is 0 Å². The average Bonchev–Trinajstić information content (AvgIpc) is 2.20. The Morgan fingerprint density at radius 1 is 0.733 bits per heavy atom. The van der Waals surface area contributed by atoms with Crippen molar-refractivity contribution in [1.82, 2.24) is 0 Å². The van der Waals surface area contributed by atoms with Gasteiger partial charge in [0.25, 0.3) is 0 Å². The van der Waals surface area contributed by atoms with Gasteiger partial charge in [-0.15, -0.1) is 0 Å². The van der Waals surface area contributed by atoms with Gasteiger partial charge in [-0.2, -0.15) is 0 Å². The first-order chi connectivity index (χ1) is 7.04. The van der Waals surface area contributed by atoms with E-state index in [1.807, 2.05) is 13.8 Å². The fourth-order valence-corrected chi connectivity index (χ4v) is 0.782. The van der Waals surface area contributed by atoms with Crippen LogP contribution in [-0.4, -0.2) is 46.9 Å². The Morgan fingerprint density at radius 2 is 1.20 bits per heavy atom. The fraction of sp³-hybridized carbons (Fsp3) is 1.00. The predicted octanol–water partition coefficient (Wildman–Crippen LogP) is 0.529. The van der Waals surface area contributed by atoms with Gasteiger partial charge in [0.2, 0.25) is 0 Å². The van der Waals surface area contributed by atoms with E-state index in [9.17, 15) is 0 Å². The zero-order valence-corrected chi connectivity index (χ0v) is 9.95. The maximum Gasteiger partial charge on any atom is 0.0482 e. The second-order valence-electron chi connectivity index (χ2n) is 4.30. The summed E-state index contributed by atoms with van der Waals surface area (Å²) in [6.45, 7) is 4.65. The standard InChI is InChI=1S/C6H14O2.C5H12O2/c1-6(2,5-8)3-4-7;6-4-2-1-3-5-7/h7-8H,3-5H2,1-2H3;6-7H,1-5H2. The van der Waals surface area contributed by atoms with Crippen molar-refractivity contribution < 1.29 is 20.4 Å². The minimum Gasteiger partial charge on any atom is -0.396 e. The van der Waals surface area contributed by atoms with Gasteiger partial charge < -0.3 is 20.4 Å². The molecule has 0 bridgehead atoms. The van der Waals surface area contributed by atoms with Crippen LogP contribution in [0.5, 0.6) is 0 Å². The first kappa shape index (κ1) is 17.2. The predicted molar refractivity (Wildman–Crippen MR) is 60.6 cm³/mol. The van der Waals surface area contributed by atoms with Crippen LogP contribution in [0.4, 0.5) is 0 Å². The largest absolute Gasteiger partial charge is 0.396 e. The lowest BCUT2D eigenvalue weighted by Gasteiger charge is -2.18. The highest BCUT2D eigenvalue weighted by Gasteiger charge is 2.14. The molecule has 0 radical (unpaired) electrons. The molecule has 4 heteroatoms. The number of hydrogen-bond donors (Lipinski definition) is 4. The third kappa shape index (κ3) is 16.5. The van der Waals surface area contributed by atoms with Crippen molar-refractivity contribution in [2.75, 3.05) is 26.4 Å². The molecule has 0 atom stereocenters. The van der Waals surface area contributed by atoms with E-state index in [0.717, 1.165) is 19.3 Å². The molecule has 4 nitrogen and oxygen atoms in total. The summed E-state index contributed by atoms with van der Waals surface area (Å²) in [5.41, 5.74) is -0.102. The van der Waals surface area contributed by atoms with Gasteiger partial charge >= 0.3 is 0 Å². The van der Waals surface area contributed by atoms with Crippen LogP contribution in [0.15, 0.2) is 0 Å². The molecule has 0 aliphatic heterocycles. The van der Waals surface area contributed by atoms with E-state index in [2.05, 4.69) is 0 Å². The first-order valence-electron chi connectivity index (χ1n) is 5.47. The zero-order chi connectivity index (χ0) is 12.2. The molecular formula is C11H26O4. The van der Waals surface area contributed by atoms with E-state index in [1.54, 1.807) is 0 Å². The van der Waals surface area contributed by atoms with Crippen LogP contribution >= 0.6 is 0 Å². The third-order valence-corrected chi connectivity index (χ3v) is 2.03. The van der Waals surface area contributed by atoms with Crippen LogP contribution in [0.3, 0.4) is 0 Å². The number of hydrogen-bond acceptors (Lipinski definition) is 4. The highest BCUT2D eigenvalue weighted by atomic mass is 16.3. The van der Waals surface area contributed by atoms with E-state index in [-0.39, 0.29) is 31.8 Å². The van der Waals surface area contributed by atoms with Gasteiger partial charge in [-0.1, -0.05) is 13.8 Å². The number of aliphatic hydroxyl groups excluding tert-OH is 4. The van der Waals surface area contributed by atoms with E-state index >= 15 is 0 Å². The quantitative estimate of drug-likeness (QED) is 0.474. The fourth-order valence-electron chi connectivity index (χ4n) is 0.782. The average molecular weight is 222 g/mol. The monoisotopic (exact) mass is 222 g/mol. The number of aliphatic hydroxyl groups is 4. The Kier molecular flexibility index (Phi) is 13.7. The Balaban J connectivity index is 0. The summed E-state index contributed by atoms with van der Waals surface area (Å²) in [6.07, 6.45) is 3.25. The Hall–Kier alpha value is -0.160. The minimum atomic E-state index is -0.102. The maximum absolute atomic E-state index is 8.61. The number of unbranched alkanes of at least 4 members (excludes halogenated alkanes) is 2. The normalized spacial score (nSPS) is 10.8. The second-order valence-corrected chi connectivity index (χ2v) is 4.30. The molecule has 0 aliphatic rings. The Bertz CT molecular complexity index is 111. The first-order valence-corrected chi connectivity index (χ1v) is 5.47. The molecular weight excluding hydrogens is 196 g/mol. The number of rotatable bonds is 7. The molecule has 0 heterocycles. The lowest BCUT2D eigenvalue weighted by molar-refractivity contribution is 0.122. The van der Waals surface area contributed by atoms with Gasteiger partial charge in [-0.3, -0.25) is 0 Å². The van der Waals surface area contributed by atoms with E-state index < -0.39 is 0 Å². The molecule has 0 spiro atoms.